The Kier molecular flexibility index (Phi) is 7.39. The maximum absolute atomic E-state index is 14.1. The van der Waals surface area contributed by atoms with E-state index in [-0.39, 0.29) is 10.9 Å². The Morgan fingerprint density at radius 2 is 1.58 bits per heavy atom. The van der Waals surface area contributed by atoms with Crippen molar-refractivity contribution in [3.63, 3.8) is 0 Å². The average molecular weight is 503 g/mol. The van der Waals surface area contributed by atoms with E-state index in [2.05, 4.69) is 18.7 Å². The number of unbranched alkanes of at least 4 members (excludes halogenated alkanes) is 2. The van der Waals surface area contributed by atoms with Crippen molar-refractivity contribution in [3.05, 3.63) is 41.1 Å². The monoisotopic (exact) mass is 502 g/mol. The average Bonchev–Trinajstić information content (AvgIpc) is 2.83. The van der Waals surface area contributed by atoms with Gasteiger partial charge in [0.1, 0.15) is 0 Å². The molecule has 1 heterocycles. The molecule has 1 unspecified atom stereocenters. The molecule has 0 aliphatic heterocycles. The van der Waals surface area contributed by atoms with E-state index in [1.807, 2.05) is 6.07 Å². The third kappa shape index (κ3) is 5.05. The molecule has 4 aliphatic rings. The summed E-state index contributed by atoms with van der Waals surface area (Å²) in [5.41, 5.74) is 0.610. The number of aliphatic hydroxyl groups excluding tert-OH is 1. The Morgan fingerprint density at radius 1 is 1.00 bits per heavy atom. The van der Waals surface area contributed by atoms with Gasteiger partial charge in [-0.1, -0.05) is 38.8 Å². The first-order valence-electron chi connectivity index (χ1n) is 14.1. The first-order chi connectivity index (χ1) is 17.2. The number of nitrogens with zero attached hydrogens (tertiary/aromatic N) is 2. The second-order valence-corrected chi connectivity index (χ2v) is 12.0. The molecule has 3 nitrogen and oxygen atoms in total. The lowest BCUT2D eigenvalue weighted by Gasteiger charge is -2.56. The Morgan fingerprint density at radius 3 is 2.11 bits per heavy atom. The normalized spacial score (nSPS) is 28.4. The fourth-order valence-corrected chi connectivity index (χ4v) is 7.88. The molecule has 4 aliphatic carbocycles. The molecule has 4 saturated carbocycles. The number of benzene rings is 1. The van der Waals surface area contributed by atoms with Crippen molar-refractivity contribution in [2.75, 3.05) is 19.6 Å². The van der Waals surface area contributed by atoms with Crippen LogP contribution < -0.4 is 0 Å². The first-order valence-corrected chi connectivity index (χ1v) is 14.1. The zero-order chi connectivity index (χ0) is 25.5. The van der Waals surface area contributed by atoms with Gasteiger partial charge in [0.2, 0.25) is 0 Å². The van der Waals surface area contributed by atoms with Crippen LogP contribution in [0, 0.1) is 17.8 Å². The summed E-state index contributed by atoms with van der Waals surface area (Å²) < 4.78 is 42.4. The van der Waals surface area contributed by atoms with Crippen molar-refractivity contribution in [3.8, 4) is 0 Å². The van der Waals surface area contributed by atoms with Crippen LogP contribution in [0.1, 0.15) is 101 Å². The molecule has 1 aromatic heterocycles. The van der Waals surface area contributed by atoms with E-state index in [4.69, 9.17) is 4.98 Å². The fraction of sp³-hybridized carbons (Fsp3) is 0.700. The van der Waals surface area contributed by atoms with Crippen LogP contribution in [0.3, 0.4) is 0 Å². The summed E-state index contributed by atoms with van der Waals surface area (Å²) >= 11 is 0. The highest BCUT2D eigenvalue weighted by Crippen LogP contribution is 2.60. The maximum Gasteiger partial charge on any atom is 0.418 e. The van der Waals surface area contributed by atoms with E-state index in [1.54, 1.807) is 6.07 Å². The van der Waals surface area contributed by atoms with Gasteiger partial charge in [0, 0.05) is 23.0 Å². The number of hydrogen-bond donors (Lipinski definition) is 1. The van der Waals surface area contributed by atoms with Crippen molar-refractivity contribution >= 4 is 10.9 Å². The van der Waals surface area contributed by atoms with Crippen molar-refractivity contribution < 1.29 is 18.3 Å². The highest BCUT2D eigenvalue weighted by atomic mass is 19.4. The predicted octanol–water partition coefficient (Wildman–Crippen LogP) is 7.66. The van der Waals surface area contributed by atoms with Crippen molar-refractivity contribution in [1.82, 2.24) is 9.88 Å². The quantitative estimate of drug-likeness (QED) is 0.362. The number of pyridine rings is 1. The van der Waals surface area contributed by atoms with Crippen molar-refractivity contribution in [1.29, 1.82) is 0 Å². The van der Waals surface area contributed by atoms with Gasteiger partial charge in [-0.15, -0.1) is 0 Å². The van der Waals surface area contributed by atoms with Crippen LogP contribution in [-0.2, 0) is 11.6 Å². The number of hydrogen-bond acceptors (Lipinski definition) is 3. The van der Waals surface area contributed by atoms with E-state index in [1.165, 1.54) is 25.3 Å². The Labute approximate surface area is 213 Å². The Hall–Kier alpha value is -1.66. The number of aliphatic hydroxyl groups is 1. The summed E-state index contributed by atoms with van der Waals surface area (Å²) in [6.07, 6.45) is 5.78. The number of halogens is 3. The van der Waals surface area contributed by atoms with E-state index in [0.717, 1.165) is 69.8 Å². The highest BCUT2D eigenvalue weighted by molar-refractivity contribution is 5.86. The Bertz CT molecular complexity index is 1020. The van der Waals surface area contributed by atoms with Gasteiger partial charge in [-0.2, -0.15) is 13.2 Å². The first kappa shape index (κ1) is 26.0. The Balaban J connectivity index is 1.58. The van der Waals surface area contributed by atoms with Crippen LogP contribution in [0.4, 0.5) is 13.2 Å². The molecule has 1 N–H and O–H groups in total. The summed E-state index contributed by atoms with van der Waals surface area (Å²) in [6.45, 7) is 6.54. The maximum atomic E-state index is 14.1. The van der Waals surface area contributed by atoms with Crippen LogP contribution >= 0.6 is 0 Å². The summed E-state index contributed by atoms with van der Waals surface area (Å²) in [5.74, 6) is 2.00. The van der Waals surface area contributed by atoms with Gasteiger partial charge in [-0.05, 0) is 99.9 Å². The van der Waals surface area contributed by atoms with Gasteiger partial charge in [0.05, 0.1) is 17.2 Å². The largest absolute Gasteiger partial charge is 0.418 e. The molecule has 6 rings (SSSR count). The van der Waals surface area contributed by atoms with Crippen molar-refractivity contribution in [2.45, 2.75) is 95.8 Å². The zero-order valence-electron chi connectivity index (χ0n) is 21.8. The lowest BCUT2D eigenvalue weighted by atomic mass is 9.48. The molecule has 4 bridgehead atoms. The zero-order valence-corrected chi connectivity index (χ0v) is 21.8. The molecule has 0 radical (unpaired) electrons. The molecule has 36 heavy (non-hydrogen) atoms. The minimum Gasteiger partial charge on any atom is -0.387 e. The van der Waals surface area contributed by atoms with Gasteiger partial charge < -0.3 is 10.0 Å². The standard InChI is InChI=1S/C30H41F3N2O/c1-3-5-10-35(11-6-4-2)19-26(36)24-15-27(29-16-20-12-21(17-29)14-22(13-20)18-29)34-28-23(24)8-7-9-25(28)30(31,32)33/h7-9,15,20-22,26,36H,3-6,10-14,16-19H2,1-2H3. The molecule has 0 saturated heterocycles. The fourth-order valence-electron chi connectivity index (χ4n) is 7.88. The molecule has 6 heteroatoms. The molecule has 2 aromatic rings. The lowest BCUT2D eigenvalue weighted by molar-refractivity contribution is -0.136. The smallest absolute Gasteiger partial charge is 0.387 e. The second-order valence-electron chi connectivity index (χ2n) is 12.0. The third-order valence-corrected chi connectivity index (χ3v) is 9.20. The molecule has 0 spiro atoms. The van der Waals surface area contributed by atoms with Gasteiger partial charge in [-0.25, -0.2) is 0 Å². The van der Waals surface area contributed by atoms with E-state index in [9.17, 15) is 18.3 Å². The molecule has 4 fully saturated rings. The summed E-state index contributed by atoms with van der Waals surface area (Å²) in [4.78, 5) is 7.09. The lowest BCUT2D eigenvalue weighted by Crippen LogP contribution is -2.49. The van der Waals surface area contributed by atoms with Gasteiger partial charge in [0.25, 0.3) is 0 Å². The van der Waals surface area contributed by atoms with Crippen molar-refractivity contribution in [2.24, 2.45) is 17.8 Å². The SMILES string of the molecule is CCCCN(CCCC)CC(O)c1cc(C23CC4CC(CC(C4)C2)C3)nc2c(C(F)(F)F)cccc12. The van der Waals surface area contributed by atoms with Crippen LogP contribution in [0.15, 0.2) is 24.3 Å². The molecule has 198 valence electrons. The number of rotatable bonds is 10. The summed E-state index contributed by atoms with van der Waals surface area (Å²) in [5, 5.41) is 12.0. The van der Waals surface area contributed by atoms with Crippen LogP contribution in [0.25, 0.3) is 10.9 Å². The minimum absolute atomic E-state index is 0.0148. The van der Waals surface area contributed by atoms with Gasteiger partial charge >= 0.3 is 6.18 Å². The van der Waals surface area contributed by atoms with Crippen LogP contribution in [0.5, 0.6) is 0 Å². The molecule has 1 atom stereocenters. The topological polar surface area (TPSA) is 36.4 Å². The minimum atomic E-state index is -4.48. The number of fused-ring (bicyclic) bond motifs is 1. The molecule has 0 amide bonds. The molecular weight excluding hydrogens is 461 g/mol. The van der Waals surface area contributed by atoms with Crippen LogP contribution in [0.2, 0.25) is 0 Å². The third-order valence-electron chi connectivity index (χ3n) is 9.20. The van der Waals surface area contributed by atoms with Gasteiger partial charge in [-0.3, -0.25) is 4.98 Å². The van der Waals surface area contributed by atoms with E-state index >= 15 is 0 Å². The highest BCUT2D eigenvalue weighted by Gasteiger charge is 2.52. The number of para-hydroxylation sites is 1. The van der Waals surface area contributed by atoms with Crippen LogP contribution in [-0.4, -0.2) is 34.6 Å². The summed E-state index contributed by atoms with van der Waals surface area (Å²) in [6, 6.07) is 6.31. The molecular formula is C30H41F3N2O. The summed E-state index contributed by atoms with van der Waals surface area (Å²) in [7, 11) is 0. The molecule has 1 aromatic carbocycles. The second kappa shape index (κ2) is 10.2. The van der Waals surface area contributed by atoms with E-state index in [0.29, 0.717) is 35.2 Å². The predicted molar refractivity (Wildman–Crippen MR) is 138 cm³/mol. The van der Waals surface area contributed by atoms with E-state index < -0.39 is 17.8 Å². The van der Waals surface area contributed by atoms with Gasteiger partial charge in [0.15, 0.2) is 0 Å². The number of alkyl halides is 3. The number of aromatic nitrogens is 1.